The SMILES string of the molecule is C=C(Br)CNc1cc(SC)ncn1. The van der Waals surface area contributed by atoms with Gasteiger partial charge in [-0.1, -0.05) is 22.5 Å². The summed E-state index contributed by atoms with van der Waals surface area (Å²) in [7, 11) is 0. The Balaban J connectivity index is 2.61. The first-order valence-corrected chi connectivity index (χ1v) is 5.67. The Labute approximate surface area is 90.2 Å². The van der Waals surface area contributed by atoms with Gasteiger partial charge < -0.3 is 5.32 Å². The topological polar surface area (TPSA) is 37.8 Å². The quantitative estimate of drug-likeness (QED) is 0.666. The lowest BCUT2D eigenvalue weighted by atomic mass is 10.5. The van der Waals surface area contributed by atoms with E-state index in [1.54, 1.807) is 18.1 Å². The molecule has 0 aromatic carbocycles. The molecule has 1 aromatic heterocycles. The first-order chi connectivity index (χ1) is 6.22. The Kier molecular flexibility index (Phi) is 4.24. The molecule has 0 spiro atoms. The summed E-state index contributed by atoms with van der Waals surface area (Å²) >= 11 is 4.85. The van der Waals surface area contributed by atoms with Gasteiger partial charge in [-0.05, 0) is 6.26 Å². The van der Waals surface area contributed by atoms with Gasteiger partial charge in [0.2, 0.25) is 0 Å². The van der Waals surface area contributed by atoms with Gasteiger partial charge in [-0.2, -0.15) is 0 Å². The Hall–Kier alpha value is -0.550. The molecule has 0 radical (unpaired) electrons. The van der Waals surface area contributed by atoms with Crippen LogP contribution in [0, 0.1) is 0 Å². The van der Waals surface area contributed by atoms with E-state index in [9.17, 15) is 0 Å². The van der Waals surface area contributed by atoms with Gasteiger partial charge >= 0.3 is 0 Å². The van der Waals surface area contributed by atoms with E-state index in [0.717, 1.165) is 15.3 Å². The summed E-state index contributed by atoms with van der Waals surface area (Å²) in [6.45, 7) is 4.39. The molecule has 5 heteroatoms. The lowest BCUT2D eigenvalue weighted by Gasteiger charge is -2.04. The van der Waals surface area contributed by atoms with Crippen molar-refractivity contribution < 1.29 is 0 Å². The molecule has 1 rings (SSSR count). The molecule has 0 aliphatic carbocycles. The van der Waals surface area contributed by atoms with Crippen molar-refractivity contribution in [1.29, 1.82) is 0 Å². The largest absolute Gasteiger partial charge is 0.365 e. The molecule has 0 aliphatic rings. The van der Waals surface area contributed by atoms with Crippen molar-refractivity contribution in [1.82, 2.24) is 9.97 Å². The third-order valence-corrected chi connectivity index (χ3v) is 2.23. The van der Waals surface area contributed by atoms with E-state index in [0.29, 0.717) is 6.54 Å². The minimum atomic E-state index is 0.671. The fourth-order valence-corrected chi connectivity index (χ4v) is 1.26. The van der Waals surface area contributed by atoms with Crippen LogP contribution in [0.15, 0.2) is 28.5 Å². The van der Waals surface area contributed by atoms with Crippen LogP contribution in [0.1, 0.15) is 0 Å². The second-order valence-corrected chi connectivity index (χ2v) is 4.26. The minimum Gasteiger partial charge on any atom is -0.365 e. The summed E-state index contributed by atoms with van der Waals surface area (Å²) in [5.74, 6) is 0.819. The third-order valence-electron chi connectivity index (χ3n) is 1.31. The van der Waals surface area contributed by atoms with E-state index in [-0.39, 0.29) is 0 Å². The second kappa shape index (κ2) is 5.24. The number of nitrogens with one attached hydrogen (secondary N) is 1. The van der Waals surface area contributed by atoms with Gasteiger partial charge in [-0.3, -0.25) is 0 Å². The molecule has 0 fully saturated rings. The zero-order valence-electron chi connectivity index (χ0n) is 7.25. The van der Waals surface area contributed by atoms with Gasteiger partial charge in [0.05, 0.1) is 0 Å². The highest BCUT2D eigenvalue weighted by Gasteiger charge is 1.96. The standard InChI is InChI=1S/C8H10BrN3S/c1-6(9)4-10-7-3-8(13-2)12-5-11-7/h3,5H,1,4H2,2H3,(H,10,11,12). The molecule has 0 amide bonds. The van der Waals surface area contributed by atoms with Gasteiger partial charge in [0.1, 0.15) is 17.2 Å². The van der Waals surface area contributed by atoms with Crippen molar-refractivity contribution in [2.24, 2.45) is 0 Å². The number of hydrogen-bond acceptors (Lipinski definition) is 4. The maximum Gasteiger partial charge on any atom is 0.130 e. The van der Waals surface area contributed by atoms with Crippen molar-refractivity contribution in [3.05, 3.63) is 23.5 Å². The van der Waals surface area contributed by atoms with E-state index in [2.05, 4.69) is 37.8 Å². The number of anilines is 1. The molecule has 1 heterocycles. The van der Waals surface area contributed by atoms with E-state index in [4.69, 9.17) is 0 Å². The molecular formula is C8H10BrN3S. The van der Waals surface area contributed by atoms with Crippen LogP contribution in [0.5, 0.6) is 0 Å². The van der Waals surface area contributed by atoms with Crippen molar-refractivity contribution in [3.63, 3.8) is 0 Å². The Morgan fingerprint density at radius 3 is 3.08 bits per heavy atom. The lowest BCUT2D eigenvalue weighted by molar-refractivity contribution is 1.04. The monoisotopic (exact) mass is 259 g/mol. The summed E-state index contributed by atoms with van der Waals surface area (Å²) < 4.78 is 0.900. The van der Waals surface area contributed by atoms with E-state index in [1.165, 1.54) is 0 Å². The van der Waals surface area contributed by atoms with E-state index in [1.807, 2.05) is 12.3 Å². The van der Waals surface area contributed by atoms with E-state index < -0.39 is 0 Å². The number of aromatic nitrogens is 2. The number of hydrogen-bond donors (Lipinski definition) is 1. The summed E-state index contributed by atoms with van der Waals surface area (Å²) in [4.78, 5) is 8.12. The average molecular weight is 260 g/mol. The fourth-order valence-electron chi connectivity index (χ4n) is 0.734. The van der Waals surface area contributed by atoms with Crippen LogP contribution in [0.4, 0.5) is 5.82 Å². The lowest BCUT2D eigenvalue weighted by Crippen LogP contribution is -2.02. The van der Waals surface area contributed by atoms with Gasteiger partial charge in [0.25, 0.3) is 0 Å². The Morgan fingerprint density at radius 2 is 2.46 bits per heavy atom. The number of thioether (sulfide) groups is 1. The molecule has 0 saturated heterocycles. The molecule has 0 bridgehead atoms. The van der Waals surface area contributed by atoms with Gasteiger partial charge in [-0.25, -0.2) is 9.97 Å². The highest BCUT2D eigenvalue weighted by molar-refractivity contribution is 9.11. The molecular weight excluding hydrogens is 250 g/mol. The van der Waals surface area contributed by atoms with Gasteiger partial charge in [-0.15, -0.1) is 11.8 Å². The summed E-state index contributed by atoms with van der Waals surface area (Å²) in [6.07, 6.45) is 3.53. The maximum absolute atomic E-state index is 4.06. The zero-order chi connectivity index (χ0) is 9.68. The van der Waals surface area contributed by atoms with Crippen LogP contribution in [-0.4, -0.2) is 22.8 Å². The summed E-state index contributed by atoms with van der Waals surface area (Å²) in [5, 5.41) is 4.06. The molecule has 3 nitrogen and oxygen atoms in total. The Morgan fingerprint density at radius 1 is 1.69 bits per heavy atom. The van der Waals surface area contributed by atoms with Crippen molar-refractivity contribution in [3.8, 4) is 0 Å². The highest BCUT2D eigenvalue weighted by Crippen LogP contribution is 2.14. The van der Waals surface area contributed by atoms with Crippen molar-refractivity contribution >= 4 is 33.5 Å². The van der Waals surface area contributed by atoms with Crippen molar-refractivity contribution in [2.75, 3.05) is 18.1 Å². The zero-order valence-corrected chi connectivity index (χ0v) is 9.65. The van der Waals surface area contributed by atoms with Gasteiger partial charge in [0, 0.05) is 17.1 Å². The van der Waals surface area contributed by atoms with Gasteiger partial charge in [0.15, 0.2) is 0 Å². The molecule has 0 atom stereocenters. The normalized spacial score (nSPS) is 9.69. The highest BCUT2D eigenvalue weighted by atomic mass is 79.9. The van der Waals surface area contributed by atoms with Crippen LogP contribution >= 0.6 is 27.7 Å². The van der Waals surface area contributed by atoms with Crippen LogP contribution in [-0.2, 0) is 0 Å². The molecule has 0 aliphatic heterocycles. The van der Waals surface area contributed by atoms with Crippen LogP contribution in [0.25, 0.3) is 0 Å². The third kappa shape index (κ3) is 3.78. The van der Waals surface area contributed by atoms with Crippen molar-refractivity contribution in [2.45, 2.75) is 5.03 Å². The first-order valence-electron chi connectivity index (χ1n) is 3.65. The fraction of sp³-hybridized carbons (Fsp3) is 0.250. The first kappa shape index (κ1) is 10.5. The smallest absolute Gasteiger partial charge is 0.130 e. The molecule has 1 aromatic rings. The average Bonchev–Trinajstić information content (AvgIpc) is 2.15. The summed E-state index contributed by atoms with van der Waals surface area (Å²) in [6, 6.07) is 1.90. The molecule has 1 N–H and O–H groups in total. The van der Waals surface area contributed by atoms with Crippen LogP contribution < -0.4 is 5.32 Å². The number of halogens is 1. The van der Waals surface area contributed by atoms with Crippen LogP contribution in [0.3, 0.4) is 0 Å². The maximum atomic E-state index is 4.06. The predicted molar refractivity (Wildman–Crippen MR) is 60.4 cm³/mol. The van der Waals surface area contributed by atoms with Crippen LogP contribution in [0.2, 0.25) is 0 Å². The second-order valence-electron chi connectivity index (χ2n) is 2.32. The molecule has 70 valence electrons. The molecule has 13 heavy (non-hydrogen) atoms. The summed E-state index contributed by atoms with van der Waals surface area (Å²) in [5.41, 5.74) is 0. The molecule has 0 unspecified atom stereocenters. The number of rotatable bonds is 4. The minimum absolute atomic E-state index is 0.671. The van der Waals surface area contributed by atoms with E-state index >= 15 is 0 Å². The molecule has 0 saturated carbocycles. The number of nitrogens with zero attached hydrogens (tertiary/aromatic N) is 2. The Bertz CT molecular complexity index is 303. The predicted octanol–water partition coefficient (Wildman–Crippen LogP) is 2.52.